The minimum absolute atomic E-state index is 0.634. The Labute approximate surface area is 111 Å². The Morgan fingerprint density at radius 1 is 1.16 bits per heavy atom. The Morgan fingerprint density at radius 2 is 1.95 bits per heavy atom. The van der Waals surface area contributed by atoms with Crippen molar-refractivity contribution in [2.75, 3.05) is 5.73 Å². The van der Waals surface area contributed by atoms with Gasteiger partial charge in [-0.1, -0.05) is 6.92 Å². The first kappa shape index (κ1) is 11.6. The van der Waals surface area contributed by atoms with Crippen molar-refractivity contribution in [3.8, 4) is 11.5 Å². The lowest BCUT2D eigenvalue weighted by molar-refractivity contribution is 0.697. The van der Waals surface area contributed by atoms with Gasteiger partial charge in [-0.05, 0) is 30.7 Å². The van der Waals surface area contributed by atoms with E-state index in [0.29, 0.717) is 11.4 Å². The number of anilines is 1. The molecular formula is C14H15N5. The van der Waals surface area contributed by atoms with E-state index in [0.717, 1.165) is 30.0 Å². The van der Waals surface area contributed by atoms with Crippen LogP contribution in [0.25, 0.3) is 22.7 Å². The fourth-order valence-electron chi connectivity index (χ4n) is 2.18. The lowest BCUT2D eigenvalue weighted by atomic mass is 10.3. The van der Waals surface area contributed by atoms with Crippen LogP contribution >= 0.6 is 0 Å². The predicted octanol–water partition coefficient (Wildman–Crippen LogP) is 2.49. The Hall–Kier alpha value is -2.43. The van der Waals surface area contributed by atoms with Crippen LogP contribution in [0.3, 0.4) is 0 Å². The predicted molar refractivity (Wildman–Crippen MR) is 75.5 cm³/mol. The average molecular weight is 253 g/mol. The molecule has 0 aromatic carbocycles. The van der Waals surface area contributed by atoms with Gasteiger partial charge >= 0.3 is 0 Å². The van der Waals surface area contributed by atoms with Crippen LogP contribution in [0.15, 0.2) is 36.7 Å². The van der Waals surface area contributed by atoms with E-state index in [1.165, 1.54) is 0 Å². The maximum absolute atomic E-state index is 6.00. The summed E-state index contributed by atoms with van der Waals surface area (Å²) in [5.41, 5.74) is 9.10. The number of imidazole rings is 1. The Morgan fingerprint density at radius 3 is 2.74 bits per heavy atom. The van der Waals surface area contributed by atoms with E-state index in [4.69, 9.17) is 5.73 Å². The summed E-state index contributed by atoms with van der Waals surface area (Å²) in [5.74, 6) is 0.786. The van der Waals surface area contributed by atoms with E-state index >= 15 is 0 Å². The van der Waals surface area contributed by atoms with Gasteiger partial charge in [0, 0.05) is 18.9 Å². The first-order valence-corrected chi connectivity index (χ1v) is 6.33. The van der Waals surface area contributed by atoms with Gasteiger partial charge in [-0.15, -0.1) is 0 Å². The molecule has 0 saturated carbocycles. The Kier molecular flexibility index (Phi) is 2.87. The van der Waals surface area contributed by atoms with Crippen LogP contribution in [0.5, 0.6) is 0 Å². The minimum Gasteiger partial charge on any atom is -0.397 e. The highest BCUT2D eigenvalue weighted by atomic mass is 15.1. The first-order chi connectivity index (χ1) is 9.31. The van der Waals surface area contributed by atoms with Gasteiger partial charge in [0.15, 0.2) is 11.5 Å². The van der Waals surface area contributed by atoms with E-state index in [1.54, 1.807) is 12.4 Å². The molecule has 19 heavy (non-hydrogen) atoms. The van der Waals surface area contributed by atoms with Gasteiger partial charge in [0.1, 0.15) is 11.2 Å². The quantitative estimate of drug-likeness (QED) is 0.778. The van der Waals surface area contributed by atoms with E-state index < -0.39 is 0 Å². The zero-order valence-electron chi connectivity index (χ0n) is 10.7. The van der Waals surface area contributed by atoms with Crippen LogP contribution in [0.2, 0.25) is 0 Å². The van der Waals surface area contributed by atoms with Gasteiger partial charge < -0.3 is 10.3 Å². The number of nitrogens with zero attached hydrogens (tertiary/aromatic N) is 4. The van der Waals surface area contributed by atoms with Crippen LogP contribution in [-0.2, 0) is 6.54 Å². The molecule has 0 radical (unpaired) electrons. The van der Waals surface area contributed by atoms with E-state index in [9.17, 15) is 0 Å². The van der Waals surface area contributed by atoms with Crippen LogP contribution in [-0.4, -0.2) is 19.5 Å². The van der Waals surface area contributed by atoms with E-state index in [1.807, 2.05) is 24.3 Å². The van der Waals surface area contributed by atoms with Gasteiger partial charge in [-0.3, -0.25) is 4.98 Å². The van der Waals surface area contributed by atoms with Gasteiger partial charge in [0.25, 0.3) is 0 Å². The molecule has 0 atom stereocenters. The summed E-state index contributed by atoms with van der Waals surface area (Å²) in [6.07, 6.45) is 4.51. The summed E-state index contributed by atoms with van der Waals surface area (Å²) < 4.78 is 2.08. The zero-order chi connectivity index (χ0) is 13.2. The number of hydrogen-bond donors (Lipinski definition) is 1. The van der Waals surface area contributed by atoms with Crippen molar-refractivity contribution < 1.29 is 0 Å². The second-order valence-corrected chi connectivity index (χ2v) is 4.37. The standard InChI is InChI=1S/C14H15N5/c1-2-9-19-13-11(6-4-8-17-13)18-14(19)12-10(15)5-3-7-16-12/h3-8H,2,9,15H2,1H3. The van der Waals surface area contributed by atoms with Crippen molar-refractivity contribution in [3.05, 3.63) is 36.7 Å². The SMILES string of the molecule is CCCn1c(-c2ncccc2N)nc2cccnc21. The van der Waals surface area contributed by atoms with Crippen molar-refractivity contribution >= 4 is 16.9 Å². The van der Waals surface area contributed by atoms with Crippen molar-refractivity contribution in [1.29, 1.82) is 0 Å². The fourth-order valence-corrected chi connectivity index (χ4v) is 2.18. The molecule has 3 heterocycles. The van der Waals surface area contributed by atoms with Crippen LogP contribution in [0.4, 0.5) is 5.69 Å². The Balaban J connectivity index is 2.28. The lowest BCUT2D eigenvalue weighted by Gasteiger charge is -2.07. The molecule has 0 aliphatic rings. The molecule has 5 nitrogen and oxygen atoms in total. The van der Waals surface area contributed by atoms with Gasteiger partial charge in [-0.25, -0.2) is 9.97 Å². The molecule has 0 aliphatic heterocycles. The molecule has 3 rings (SSSR count). The van der Waals surface area contributed by atoms with Crippen LogP contribution < -0.4 is 5.73 Å². The number of rotatable bonds is 3. The first-order valence-electron chi connectivity index (χ1n) is 6.33. The lowest BCUT2D eigenvalue weighted by Crippen LogP contribution is -2.03. The van der Waals surface area contributed by atoms with E-state index in [-0.39, 0.29) is 0 Å². The number of aromatic nitrogens is 4. The molecule has 2 N–H and O–H groups in total. The maximum atomic E-state index is 6.00. The number of fused-ring (bicyclic) bond motifs is 1. The molecule has 0 amide bonds. The smallest absolute Gasteiger partial charge is 0.163 e. The highest BCUT2D eigenvalue weighted by molar-refractivity contribution is 5.79. The molecule has 0 saturated heterocycles. The number of hydrogen-bond acceptors (Lipinski definition) is 4. The molecular weight excluding hydrogens is 238 g/mol. The second-order valence-electron chi connectivity index (χ2n) is 4.37. The van der Waals surface area contributed by atoms with Crippen molar-refractivity contribution in [3.63, 3.8) is 0 Å². The molecule has 3 aromatic rings. The number of nitrogen functional groups attached to an aromatic ring is 1. The van der Waals surface area contributed by atoms with Gasteiger partial charge in [0.05, 0.1) is 5.69 Å². The highest BCUT2D eigenvalue weighted by Gasteiger charge is 2.15. The minimum atomic E-state index is 0.634. The largest absolute Gasteiger partial charge is 0.397 e. The third-order valence-electron chi connectivity index (χ3n) is 3.00. The number of pyridine rings is 2. The highest BCUT2D eigenvalue weighted by Crippen LogP contribution is 2.26. The molecule has 96 valence electrons. The third-order valence-corrected chi connectivity index (χ3v) is 3.00. The molecule has 5 heteroatoms. The summed E-state index contributed by atoms with van der Waals surface area (Å²) in [6, 6.07) is 7.50. The summed E-state index contributed by atoms with van der Waals surface area (Å²) in [4.78, 5) is 13.4. The van der Waals surface area contributed by atoms with Crippen LogP contribution in [0.1, 0.15) is 13.3 Å². The molecule has 0 spiro atoms. The summed E-state index contributed by atoms with van der Waals surface area (Å²) in [6.45, 7) is 2.97. The monoisotopic (exact) mass is 253 g/mol. The number of nitrogens with two attached hydrogens (primary N) is 1. The molecule has 0 aliphatic carbocycles. The van der Waals surface area contributed by atoms with Crippen molar-refractivity contribution in [1.82, 2.24) is 19.5 Å². The van der Waals surface area contributed by atoms with Gasteiger partial charge in [0.2, 0.25) is 0 Å². The van der Waals surface area contributed by atoms with Crippen molar-refractivity contribution in [2.45, 2.75) is 19.9 Å². The molecule has 0 fully saturated rings. The zero-order valence-corrected chi connectivity index (χ0v) is 10.7. The van der Waals surface area contributed by atoms with Crippen molar-refractivity contribution in [2.24, 2.45) is 0 Å². The summed E-state index contributed by atoms with van der Waals surface area (Å²) in [5, 5.41) is 0. The second kappa shape index (κ2) is 4.68. The summed E-state index contributed by atoms with van der Waals surface area (Å²) >= 11 is 0. The number of aryl methyl sites for hydroxylation is 1. The molecule has 3 aromatic heterocycles. The van der Waals surface area contributed by atoms with Crippen LogP contribution in [0, 0.1) is 0 Å². The molecule has 0 bridgehead atoms. The fraction of sp³-hybridized carbons (Fsp3) is 0.214. The third kappa shape index (κ3) is 1.93. The normalized spacial score (nSPS) is 11.0. The maximum Gasteiger partial charge on any atom is 0.163 e. The Bertz CT molecular complexity index is 717. The van der Waals surface area contributed by atoms with Gasteiger partial charge in [-0.2, -0.15) is 0 Å². The topological polar surface area (TPSA) is 69.6 Å². The molecule has 0 unspecified atom stereocenters. The average Bonchev–Trinajstić information content (AvgIpc) is 2.79. The summed E-state index contributed by atoms with van der Waals surface area (Å²) in [7, 11) is 0. The van der Waals surface area contributed by atoms with E-state index in [2.05, 4.69) is 26.4 Å².